The van der Waals surface area contributed by atoms with E-state index < -0.39 is 11.6 Å². The molecule has 3 nitrogen and oxygen atoms in total. The number of halogens is 2. The van der Waals surface area contributed by atoms with E-state index in [1.165, 1.54) is 6.07 Å². The summed E-state index contributed by atoms with van der Waals surface area (Å²) in [7, 11) is 0. The lowest BCUT2D eigenvalue weighted by molar-refractivity contribution is 0.102. The Morgan fingerprint density at radius 3 is 3.00 bits per heavy atom. The molecule has 0 radical (unpaired) electrons. The number of carbonyl (C=O) groups excluding carboxylic acids is 1. The fraction of sp³-hybridized carbons (Fsp3) is 0.231. The highest BCUT2D eigenvalue weighted by molar-refractivity contribution is 9.10. The Balaban J connectivity index is 2.42. The van der Waals surface area contributed by atoms with Crippen LogP contribution >= 0.6 is 15.9 Å². The molecule has 0 saturated carbocycles. The van der Waals surface area contributed by atoms with E-state index in [4.69, 9.17) is 0 Å². The molecule has 2 aromatic rings. The molecule has 1 aromatic heterocycles. The second-order valence-corrected chi connectivity index (χ2v) is 4.73. The van der Waals surface area contributed by atoms with Crippen molar-refractivity contribution in [2.45, 2.75) is 19.9 Å². The van der Waals surface area contributed by atoms with Gasteiger partial charge in [-0.25, -0.2) is 9.37 Å². The van der Waals surface area contributed by atoms with Crippen LogP contribution in [0.25, 0.3) is 0 Å². The summed E-state index contributed by atoms with van der Waals surface area (Å²) in [4.78, 5) is 16.2. The van der Waals surface area contributed by atoms with Gasteiger partial charge in [-0.1, -0.05) is 13.0 Å². The molecule has 0 atom stereocenters. The molecule has 0 unspecified atom stereocenters. The smallest absolute Gasteiger partial charge is 0.231 e. The van der Waals surface area contributed by atoms with Gasteiger partial charge in [-0.3, -0.25) is 4.79 Å². The van der Waals surface area contributed by atoms with Crippen LogP contribution in [-0.4, -0.2) is 15.3 Å². The Labute approximate surface area is 113 Å². The van der Waals surface area contributed by atoms with E-state index in [0.29, 0.717) is 6.54 Å². The quantitative estimate of drug-likeness (QED) is 0.811. The van der Waals surface area contributed by atoms with E-state index >= 15 is 0 Å². The molecule has 0 amide bonds. The molecule has 0 aliphatic carbocycles. The fourth-order valence-corrected chi connectivity index (χ4v) is 2.11. The van der Waals surface area contributed by atoms with E-state index in [1.54, 1.807) is 29.1 Å². The number of imidazole rings is 1. The SMILES string of the molecule is CCCn1ccnc1C(=O)c1cccc(Br)c1F. The predicted octanol–water partition coefficient (Wildman–Crippen LogP) is 3.43. The third-order valence-electron chi connectivity index (χ3n) is 2.58. The number of ketones is 1. The third-order valence-corrected chi connectivity index (χ3v) is 3.19. The van der Waals surface area contributed by atoms with Crippen LogP contribution in [0.15, 0.2) is 35.1 Å². The molecule has 5 heteroatoms. The van der Waals surface area contributed by atoms with Gasteiger partial charge in [0.15, 0.2) is 5.82 Å². The summed E-state index contributed by atoms with van der Waals surface area (Å²) in [5, 5.41) is 0. The highest BCUT2D eigenvalue weighted by Crippen LogP contribution is 2.20. The van der Waals surface area contributed by atoms with Crippen molar-refractivity contribution in [3.05, 3.63) is 52.3 Å². The van der Waals surface area contributed by atoms with E-state index in [1.807, 2.05) is 6.92 Å². The molecule has 0 fully saturated rings. The topological polar surface area (TPSA) is 34.9 Å². The summed E-state index contributed by atoms with van der Waals surface area (Å²) >= 11 is 3.07. The zero-order valence-electron chi connectivity index (χ0n) is 9.86. The normalized spacial score (nSPS) is 10.6. The Kier molecular flexibility index (Phi) is 3.91. The summed E-state index contributed by atoms with van der Waals surface area (Å²) < 4.78 is 15.9. The Morgan fingerprint density at radius 2 is 2.28 bits per heavy atom. The molecular formula is C13H12BrFN2O. The molecule has 1 aromatic carbocycles. The molecule has 1 heterocycles. The largest absolute Gasteiger partial charge is 0.328 e. The maximum absolute atomic E-state index is 13.9. The maximum atomic E-state index is 13.9. The minimum Gasteiger partial charge on any atom is -0.328 e. The average Bonchev–Trinajstić information content (AvgIpc) is 2.80. The summed E-state index contributed by atoms with van der Waals surface area (Å²) in [6, 6.07) is 4.66. The van der Waals surface area contributed by atoms with Crippen molar-refractivity contribution < 1.29 is 9.18 Å². The van der Waals surface area contributed by atoms with Gasteiger partial charge in [0.25, 0.3) is 0 Å². The van der Waals surface area contributed by atoms with E-state index in [2.05, 4.69) is 20.9 Å². The van der Waals surface area contributed by atoms with Crippen LogP contribution < -0.4 is 0 Å². The fourth-order valence-electron chi connectivity index (χ4n) is 1.74. The number of aryl methyl sites for hydroxylation is 1. The van der Waals surface area contributed by atoms with Crippen LogP contribution in [0.5, 0.6) is 0 Å². The van der Waals surface area contributed by atoms with Gasteiger partial charge < -0.3 is 4.57 Å². The zero-order valence-corrected chi connectivity index (χ0v) is 11.4. The molecule has 0 bridgehead atoms. The van der Waals surface area contributed by atoms with Gasteiger partial charge in [-0.15, -0.1) is 0 Å². The molecule has 18 heavy (non-hydrogen) atoms. The summed E-state index contributed by atoms with van der Waals surface area (Å²) in [6.45, 7) is 2.70. The van der Waals surface area contributed by atoms with Crippen molar-refractivity contribution in [2.75, 3.05) is 0 Å². The average molecular weight is 311 g/mol. The van der Waals surface area contributed by atoms with Crippen LogP contribution in [-0.2, 0) is 6.54 Å². The lowest BCUT2D eigenvalue weighted by Crippen LogP contribution is -2.12. The van der Waals surface area contributed by atoms with E-state index in [-0.39, 0.29) is 15.9 Å². The molecule has 0 aliphatic heterocycles. The second-order valence-electron chi connectivity index (χ2n) is 3.87. The van der Waals surface area contributed by atoms with Crippen molar-refractivity contribution in [2.24, 2.45) is 0 Å². The Hall–Kier alpha value is -1.49. The number of rotatable bonds is 4. The lowest BCUT2D eigenvalue weighted by Gasteiger charge is -2.06. The summed E-state index contributed by atoms with van der Waals surface area (Å²) in [5.74, 6) is -0.672. The van der Waals surface area contributed by atoms with Gasteiger partial charge in [0.1, 0.15) is 5.82 Å². The van der Waals surface area contributed by atoms with Gasteiger partial charge in [0.05, 0.1) is 10.0 Å². The van der Waals surface area contributed by atoms with Gasteiger partial charge in [-0.05, 0) is 34.5 Å². The predicted molar refractivity (Wildman–Crippen MR) is 70.1 cm³/mol. The summed E-state index contributed by atoms with van der Waals surface area (Å²) in [5.41, 5.74) is 0.0351. The van der Waals surface area contributed by atoms with Crippen molar-refractivity contribution in [3.8, 4) is 0 Å². The van der Waals surface area contributed by atoms with Crippen LogP contribution in [0.2, 0.25) is 0 Å². The minimum absolute atomic E-state index is 0.0351. The first-order valence-electron chi connectivity index (χ1n) is 5.65. The first-order chi connectivity index (χ1) is 8.65. The molecule has 2 rings (SSSR count). The van der Waals surface area contributed by atoms with E-state index in [0.717, 1.165) is 6.42 Å². The lowest BCUT2D eigenvalue weighted by atomic mass is 10.1. The van der Waals surface area contributed by atoms with Crippen LogP contribution in [0.4, 0.5) is 4.39 Å². The highest BCUT2D eigenvalue weighted by atomic mass is 79.9. The van der Waals surface area contributed by atoms with Gasteiger partial charge >= 0.3 is 0 Å². The van der Waals surface area contributed by atoms with Crippen LogP contribution in [0.3, 0.4) is 0 Å². The molecule has 0 spiro atoms. The minimum atomic E-state index is -0.548. The Bertz CT molecular complexity index is 580. The number of nitrogens with zero attached hydrogens (tertiary/aromatic N) is 2. The van der Waals surface area contributed by atoms with Crippen molar-refractivity contribution >= 4 is 21.7 Å². The number of carbonyl (C=O) groups is 1. The van der Waals surface area contributed by atoms with Crippen molar-refractivity contribution in [1.29, 1.82) is 0 Å². The first kappa shape index (κ1) is 13.0. The van der Waals surface area contributed by atoms with Gasteiger partial charge in [-0.2, -0.15) is 0 Å². The standard InChI is InChI=1S/C13H12BrFN2O/c1-2-7-17-8-6-16-13(17)12(18)9-4-3-5-10(14)11(9)15/h3-6,8H,2,7H2,1H3. The molecular weight excluding hydrogens is 299 g/mol. The third kappa shape index (κ3) is 2.36. The van der Waals surface area contributed by atoms with Crippen molar-refractivity contribution in [3.63, 3.8) is 0 Å². The first-order valence-corrected chi connectivity index (χ1v) is 6.44. The molecule has 94 valence electrons. The van der Waals surface area contributed by atoms with Crippen molar-refractivity contribution in [1.82, 2.24) is 9.55 Å². The monoisotopic (exact) mass is 310 g/mol. The second kappa shape index (κ2) is 5.44. The molecule has 0 aliphatic rings. The van der Waals surface area contributed by atoms with Gasteiger partial charge in [0.2, 0.25) is 5.78 Å². The number of hydrogen-bond acceptors (Lipinski definition) is 2. The summed E-state index contributed by atoms with van der Waals surface area (Å²) in [6.07, 6.45) is 4.17. The van der Waals surface area contributed by atoms with E-state index in [9.17, 15) is 9.18 Å². The number of benzene rings is 1. The van der Waals surface area contributed by atoms with Crippen LogP contribution in [0, 0.1) is 5.82 Å². The van der Waals surface area contributed by atoms with Crippen LogP contribution in [0.1, 0.15) is 29.5 Å². The van der Waals surface area contributed by atoms with Gasteiger partial charge in [0, 0.05) is 18.9 Å². The number of aromatic nitrogens is 2. The maximum Gasteiger partial charge on any atom is 0.231 e. The molecule has 0 saturated heterocycles. The Morgan fingerprint density at radius 1 is 1.50 bits per heavy atom. The number of hydrogen-bond donors (Lipinski definition) is 0. The zero-order chi connectivity index (χ0) is 13.1. The molecule has 0 N–H and O–H groups in total. The highest BCUT2D eigenvalue weighted by Gasteiger charge is 2.19.